The molecule has 0 N–H and O–H groups in total. The van der Waals surface area contributed by atoms with E-state index in [-0.39, 0.29) is 27.3 Å². The second-order valence-corrected chi connectivity index (χ2v) is 1.14. The van der Waals surface area contributed by atoms with Gasteiger partial charge in [-0.3, -0.25) is 0 Å². The molecule has 0 saturated heterocycles. The first-order valence-electron chi connectivity index (χ1n) is 0.642. The molecule has 0 atom stereocenters. The van der Waals surface area contributed by atoms with Gasteiger partial charge in [-0.15, -0.1) is 0 Å². The molecular weight excluding hydrogens is 309 g/mol. The Morgan fingerprint density at radius 1 is 1.17 bits per heavy atom. The third-order valence-electron chi connectivity index (χ3n) is 0. The molecule has 0 aliphatic rings. The maximum atomic E-state index is 9.99. The van der Waals surface area contributed by atoms with Crippen LogP contribution in [0.4, 0.5) is 7.77 Å². The van der Waals surface area contributed by atoms with Crippen molar-refractivity contribution in [2.45, 2.75) is 0 Å². The summed E-state index contributed by atoms with van der Waals surface area (Å²) >= 11 is 0. The number of hydrogen-bond acceptors (Lipinski definition) is 2. The van der Waals surface area contributed by atoms with E-state index < -0.39 is 10.6 Å². The molecule has 0 spiro atoms. The Labute approximate surface area is 54.2 Å². The van der Waals surface area contributed by atoms with Crippen LogP contribution >= 0.6 is 0 Å². The minimum absolute atomic E-state index is 0. The molecule has 0 rings (SSSR count). The summed E-state index contributed by atoms with van der Waals surface area (Å²) in [4.78, 5) is 0. The summed E-state index contributed by atoms with van der Waals surface area (Å²) in [5.41, 5.74) is 0. The molecule has 0 heterocycles. The molecule has 0 unspecified atom stereocenters. The van der Waals surface area contributed by atoms with Gasteiger partial charge in [-0.2, -0.15) is 8.42 Å². The molecule has 0 bridgehead atoms. The van der Waals surface area contributed by atoms with Crippen molar-refractivity contribution in [3.05, 3.63) is 0 Å². The van der Waals surface area contributed by atoms with E-state index in [4.69, 9.17) is 8.42 Å². The third kappa shape index (κ3) is 123. The van der Waals surface area contributed by atoms with Crippen LogP contribution in [-0.4, -0.2) is 35.7 Å². The van der Waals surface area contributed by atoms with Gasteiger partial charge in [0.2, 0.25) is 0 Å². The van der Waals surface area contributed by atoms with Crippen molar-refractivity contribution < 1.29 is 16.2 Å². The van der Waals surface area contributed by atoms with Crippen LogP contribution in [0.2, 0.25) is 0 Å². The van der Waals surface area contributed by atoms with E-state index in [1.54, 1.807) is 0 Å². The number of halogens is 2. The molecular formula is H2F2O2PbS. The van der Waals surface area contributed by atoms with Crippen molar-refractivity contribution in [3.8, 4) is 0 Å². The van der Waals surface area contributed by atoms with Gasteiger partial charge >= 0.3 is 37.9 Å². The summed E-state index contributed by atoms with van der Waals surface area (Å²) in [7, 11) is -5.67. The molecule has 0 aromatic rings. The van der Waals surface area contributed by atoms with E-state index in [0.717, 1.165) is 0 Å². The number of rotatable bonds is 0. The summed E-state index contributed by atoms with van der Waals surface area (Å²) < 4.78 is 36.6. The van der Waals surface area contributed by atoms with E-state index in [2.05, 4.69) is 0 Å². The van der Waals surface area contributed by atoms with Gasteiger partial charge < -0.3 is 0 Å². The van der Waals surface area contributed by atoms with Crippen molar-refractivity contribution in [1.82, 2.24) is 0 Å². The standard InChI is InChI=1S/F2O2S.Pb.2H/c1-5(2,3)4;;;. The van der Waals surface area contributed by atoms with E-state index in [1.807, 2.05) is 0 Å². The monoisotopic (exact) mass is 312 g/mol. The summed E-state index contributed by atoms with van der Waals surface area (Å²) in [6.07, 6.45) is 0. The maximum absolute atomic E-state index is 9.99. The molecule has 6 heteroatoms. The Hall–Kier alpha value is 0.732. The normalized spacial score (nSPS) is 9.67. The SMILES string of the molecule is O=S(=O)(F)F.[PbH2]. The Balaban J connectivity index is 0. The zero-order valence-electron chi connectivity index (χ0n) is 2.69. The molecule has 0 aromatic heterocycles. The summed E-state index contributed by atoms with van der Waals surface area (Å²) in [5, 5.41) is 0. The summed E-state index contributed by atoms with van der Waals surface area (Å²) in [6.45, 7) is 0. The zero-order valence-corrected chi connectivity index (χ0v) is 9.00. The Bertz CT molecular complexity index is 94.7. The van der Waals surface area contributed by atoms with Crippen molar-refractivity contribution in [2.75, 3.05) is 0 Å². The fraction of sp³-hybridized carbons (Fsp3) is 0. The zero-order chi connectivity index (χ0) is 4.50. The quantitative estimate of drug-likeness (QED) is 0.436. The average molecular weight is 311 g/mol. The van der Waals surface area contributed by atoms with E-state index in [9.17, 15) is 7.77 Å². The van der Waals surface area contributed by atoms with E-state index >= 15 is 0 Å². The van der Waals surface area contributed by atoms with Crippen LogP contribution in [0.3, 0.4) is 0 Å². The van der Waals surface area contributed by atoms with Gasteiger partial charge in [-0.05, 0) is 0 Å². The molecule has 0 fully saturated rings. The summed E-state index contributed by atoms with van der Waals surface area (Å²) in [5.74, 6) is 0. The first kappa shape index (κ1) is 9.88. The minimum atomic E-state index is -5.67. The predicted octanol–water partition coefficient (Wildman–Crippen LogP) is -0.746. The molecule has 0 aromatic carbocycles. The fourth-order valence-corrected chi connectivity index (χ4v) is 0. The van der Waals surface area contributed by atoms with Gasteiger partial charge in [0.1, 0.15) is 0 Å². The molecule has 0 aliphatic carbocycles. The molecule has 2 radical (unpaired) electrons. The Morgan fingerprint density at radius 2 is 1.17 bits per heavy atom. The third-order valence-corrected chi connectivity index (χ3v) is 0. The van der Waals surface area contributed by atoms with Crippen LogP contribution < -0.4 is 0 Å². The van der Waals surface area contributed by atoms with Crippen LogP contribution in [-0.2, 0) is 10.6 Å². The van der Waals surface area contributed by atoms with Crippen molar-refractivity contribution >= 4 is 37.9 Å². The topological polar surface area (TPSA) is 34.1 Å². The average Bonchev–Trinajstić information content (AvgIpc) is 0.722. The van der Waals surface area contributed by atoms with Gasteiger partial charge in [0.25, 0.3) is 0 Å². The second-order valence-electron chi connectivity index (χ2n) is 0.378. The van der Waals surface area contributed by atoms with Crippen molar-refractivity contribution in [3.63, 3.8) is 0 Å². The number of hydrogen-bond donors (Lipinski definition) is 0. The van der Waals surface area contributed by atoms with Crippen LogP contribution in [0.1, 0.15) is 0 Å². The van der Waals surface area contributed by atoms with E-state index in [1.165, 1.54) is 0 Å². The molecule has 38 valence electrons. The van der Waals surface area contributed by atoms with Crippen LogP contribution in [0.5, 0.6) is 0 Å². The molecule has 0 saturated carbocycles. The Morgan fingerprint density at radius 3 is 1.17 bits per heavy atom. The van der Waals surface area contributed by atoms with Crippen molar-refractivity contribution in [2.24, 2.45) is 0 Å². The van der Waals surface area contributed by atoms with Gasteiger partial charge in [-0.1, -0.05) is 7.77 Å². The second kappa shape index (κ2) is 2.83. The fourth-order valence-electron chi connectivity index (χ4n) is 0. The Kier molecular flexibility index (Phi) is 4.66. The molecule has 0 aliphatic heterocycles. The molecule has 6 heavy (non-hydrogen) atoms. The molecule has 0 amide bonds. The first-order chi connectivity index (χ1) is 2.00. The predicted molar refractivity (Wildman–Crippen MR) is 19.7 cm³/mol. The van der Waals surface area contributed by atoms with Crippen molar-refractivity contribution in [1.29, 1.82) is 0 Å². The summed E-state index contributed by atoms with van der Waals surface area (Å²) in [6, 6.07) is 0. The van der Waals surface area contributed by atoms with E-state index in [0.29, 0.717) is 0 Å². The van der Waals surface area contributed by atoms with Gasteiger partial charge in [-0.25, -0.2) is 0 Å². The van der Waals surface area contributed by atoms with Crippen LogP contribution in [0.25, 0.3) is 0 Å². The van der Waals surface area contributed by atoms with Gasteiger partial charge in [0, 0.05) is 0 Å². The van der Waals surface area contributed by atoms with Gasteiger partial charge in [0.15, 0.2) is 0 Å². The van der Waals surface area contributed by atoms with Crippen LogP contribution in [0, 0.1) is 0 Å². The van der Waals surface area contributed by atoms with Gasteiger partial charge in [0.05, 0.1) is 0 Å². The first-order valence-corrected chi connectivity index (χ1v) is 1.93. The van der Waals surface area contributed by atoms with Crippen LogP contribution in [0.15, 0.2) is 0 Å². The molecule has 2 nitrogen and oxygen atoms in total.